The normalized spacial score (nSPS) is 13.1. The van der Waals surface area contributed by atoms with Crippen LogP contribution < -0.4 is 15.8 Å². The summed E-state index contributed by atoms with van der Waals surface area (Å²) in [5, 5.41) is 2.31. The van der Waals surface area contributed by atoms with Gasteiger partial charge in [-0.15, -0.1) is 0 Å². The van der Waals surface area contributed by atoms with Crippen LogP contribution >= 0.6 is 0 Å². The molecule has 0 bridgehead atoms. The molecule has 0 aliphatic heterocycles. The van der Waals surface area contributed by atoms with Crippen molar-refractivity contribution in [2.75, 3.05) is 12.8 Å². The smallest absolute Gasteiger partial charge is 0.241 e. The Bertz CT molecular complexity index is 601. The van der Waals surface area contributed by atoms with Crippen LogP contribution in [0.15, 0.2) is 17.0 Å². The number of amides is 1. The first-order valence-corrected chi connectivity index (χ1v) is 6.97. The second-order valence-corrected chi connectivity index (χ2v) is 5.77. The Morgan fingerprint density at radius 2 is 2.00 bits per heavy atom. The predicted octanol–water partition coefficient (Wildman–Crippen LogP) is 0.129. The standard InChI is InChI=1S/C11H16FN3O3S/c1-6-9(12)4-8(13)5-10(6)19(17,18)15-7(2)11(16)14-3/h4-5,7,15H,13H2,1-3H3,(H,14,16). The molecule has 106 valence electrons. The Morgan fingerprint density at radius 1 is 1.42 bits per heavy atom. The van der Waals surface area contributed by atoms with Crippen LogP contribution in [0, 0.1) is 12.7 Å². The lowest BCUT2D eigenvalue weighted by Crippen LogP contribution is -2.43. The van der Waals surface area contributed by atoms with E-state index in [-0.39, 0.29) is 16.1 Å². The van der Waals surface area contributed by atoms with E-state index in [2.05, 4.69) is 10.0 Å². The zero-order valence-corrected chi connectivity index (χ0v) is 11.6. The summed E-state index contributed by atoms with van der Waals surface area (Å²) in [4.78, 5) is 11.0. The molecule has 8 heteroatoms. The minimum Gasteiger partial charge on any atom is -0.399 e. The van der Waals surface area contributed by atoms with Crippen LogP contribution in [0.1, 0.15) is 12.5 Å². The van der Waals surface area contributed by atoms with E-state index in [1.165, 1.54) is 20.9 Å². The van der Waals surface area contributed by atoms with Crippen molar-refractivity contribution in [1.82, 2.24) is 10.0 Å². The number of nitrogens with two attached hydrogens (primary N) is 1. The van der Waals surface area contributed by atoms with E-state index in [1.807, 2.05) is 0 Å². The average molecular weight is 289 g/mol. The Balaban J connectivity index is 3.18. The van der Waals surface area contributed by atoms with Gasteiger partial charge >= 0.3 is 0 Å². The molecule has 1 atom stereocenters. The van der Waals surface area contributed by atoms with Crippen molar-refractivity contribution in [2.24, 2.45) is 0 Å². The summed E-state index contributed by atoms with van der Waals surface area (Å²) in [5.74, 6) is -1.21. The minimum atomic E-state index is -4.02. The van der Waals surface area contributed by atoms with Crippen molar-refractivity contribution in [3.05, 3.63) is 23.5 Å². The number of carbonyl (C=O) groups excluding carboxylic acids is 1. The van der Waals surface area contributed by atoms with Crippen molar-refractivity contribution in [1.29, 1.82) is 0 Å². The molecule has 4 N–H and O–H groups in total. The number of anilines is 1. The summed E-state index contributed by atoms with van der Waals surface area (Å²) in [6.07, 6.45) is 0. The molecule has 1 aromatic rings. The van der Waals surface area contributed by atoms with Crippen LogP contribution in [-0.2, 0) is 14.8 Å². The predicted molar refractivity (Wildman–Crippen MR) is 69.4 cm³/mol. The molecular formula is C11H16FN3O3S. The van der Waals surface area contributed by atoms with Crippen molar-refractivity contribution < 1.29 is 17.6 Å². The summed E-state index contributed by atoms with van der Waals surface area (Å²) >= 11 is 0. The highest BCUT2D eigenvalue weighted by Crippen LogP contribution is 2.21. The molecule has 0 fully saturated rings. The van der Waals surface area contributed by atoms with Gasteiger partial charge < -0.3 is 11.1 Å². The van der Waals surface area contributed by atoms with Crippen LogP contribution in [0.3, 0.4) is 0 Å². The van der Waals surface area contributed by atoms with E-state index in [1.54, 1.807) is 0 Å². The third-order valence-electron chi connectivity index (χ3n) is 2.58. The van der Waals surface area contributed by atoms with E-state index in [0.29, 0.717) is 0 Å². The van der Waals surface area contributed by atoms with Gasteiger partial charge in [-0.2, -0.15) is 4.72 Å². The first kappa shape index (κ1) is 15.4. The van der Waals surface area contributed by atoms with Gasteiger partial charge in [0.05, 0.1) is 10.9 Å². The van der Waals surface area contributed by atoms with Gasteiger partial charge in [0.15, 0.2) is 0 Å². The van der Waals surface area contributed by atoms with E-state index in [4.69, 9.17) is 5.73 Å². The van der Waals surface area contributed by atoms with Gasteiger partial charge in [-0.1, -0.05) is 0 Å². The third-order valence-corrected chi connectivity index (χ3v) is 4.25. The number of hydrogen-bond acceptors (Lipinski definition) is 4. The highest BCUT2D eigenvalue weighted by atomic mass is 32.2. The van der Waals surface area contributed by atoms with Gasteiger partial charge in [-0.25, -0.2) is 12.8 Å². The lowest BCUT2D eigenvalue weighted by atomic mass is 10.2. The molecule has 0 aliphatic rings. The van der Waals surface area contributed by atoms with Gasteiger partial charge in [-0.3, -0.25) is 4.79 Å². The number of likely N-dealkylation sites (N-methyl/N-ethyl adjacent to an activating group) is 1. The fourth-order valence-corrected chi connectivity index (χ4v) is 3.01. The molecule has 0 saturated heterocycles. The first-order chi connectivity index (χ1) is 8.69. The fraction of sp³-hybridized carbons (Fsp3) is 0.364. The fourth-order valence-electron chi connectivity index (χ4n) is 1.52. The summed E-state index contributed by atoms with van der Waals surface area (Å²) < 4.78 is 39.8. The summed E-state index contributed by atoms with van der Waals surface area (Å²) in [6.45, 7) is 2.71. The van der Waals surface area contributed by atoms with Crippen LogP contribution in [0.2, 0.25) is 0 Å². The maximum atomic E-state index is 13.5. The van der Waals surface area contributed by atoms with E-state index < -0.39 is 27.8 Å². The Morgan fingerprint density at radius 3 is 2.53 bits per heavy atom. The Labute approximate surface area is 111 Å². The second-order valence-electron chi connectivity index (χ2n) is 4.08. The lowest BCUT2D eigenvalue weighted by Gasteiger charge is -2.15. The Hall–Kier alpha value is -1.67. The molecule has 0 radical (unpaired) electrons. The summed E-state index contributed by atoms with van der Waals surface area (Å²) in [5.41, 5.74) is 5.38. The number of halogens is 1. The van der Waals surface area contributed by atoms with Gasteiger partial charge in [-0.05, 0) is 26.0 Å². The average Bonchev–Trinajstić information content (AvgIpc) is 2.31. The van der Waals surface area contributed by atoms with Gasteiger partial charge in [0, 0.05) is 18.3 Å². The highest BCUT2D eigenvalue weighted by molar-refractivity contribution is 7.89. The quantitative estimate of drug-likeness (QED) is 0.686. The zero-order valence-electron chi connectivity index (χ0n) is 10.8. The van der Waals surface area contributed by atoms with Crippen molar-refractivity contribution in [2.45, 2.75) is 24.8 Å². The number of nitrogen functional groups attached to an aromatic ring is 1. The van der Waals surface area contributed by atoms with E-state index >= 15 is 0 Å². The molecule has 6 nitrogen and oxygen atoms in total. The molecule has 19 heavy (non-hydrogen) atoms. The minimum absolute atomic E-state index is 0.00364. The topological polar surface area (TPSA) is 101 Å². The van der Waals surface area contributed by atoms with Gasteiger partial charge in [0.2, 0.25) is 15.9 Å². The number of rotatable bonds is 4. The van der Waals surface area contributed by atoms with Gasteiger partial charge in [0.25, 0.3) is 0 Å². The summed E-state index contributed by atoms with van der Waals surface area (Å²) in [6, 6.07) is 1.22. The SMILES string of the molecule is CNC(=O)C(C)NS(=O)(=O)c1cc(N)cc(F)c1C. The third kappa shape index (κ3) is 3.42. The van der Waals surface area contributed by atoms with E-state index in [9.17, 15) is 17.6 Å². The molecular weight excluding hydrogens is 273 g/mol. The number of carbonyl (C=O) groups is 1. The number of benzene rings is 1. The maximum Gasteiger partial charge on any atom is 0.241 e. The number of sulfonamides is 1. The van der Waals surface area contributed by atoms with Crippen LogP contribution in [0.25, 0.3) is 0 Å². The molecule has 1 rings (SSSR count). The number of hydrogen-bond donors (Lipinski definition) is 3. The first-order valence-electron chi connectivity index (χ1n) is 5.48. The molecule has 1 aromatic carbocycles. The summed E-state index contributed by atoms with van der Waals surface area (Å²) in [7, 11) is -2.63. The Kier molecular flexibility index (Phi) is 4.48. The molecule has 0 aromatic heterocycles. The molecule has 0 saturated carbocycles. The zero-order chi connectivity index (χ0) is 14.8. The maximum absolute atomic E-state index is 13.5. The molecule has 1 amide bonds. The lowest BCUT2D eigenvalue weighted by molar-refractivity contribution is -0.121. The molecule has 0 spiro atoms. The molecule has 0 heterocycles. The largest absolute Gasteiger partial charge is 0.399 e. The second kappa shape index (κ2) is 5.54. The van der Waals surface area contributed by atoms with Crippen molar-refractivity contribution in [3.63, 3.8) is 0 Å². The molecule has 1 unspecified atom stereocenters. The van der Waals surface area contributed by atoms with Crippen LogP contribution in [0.4, 0.5) is 10.1 Å². The highest BCUT2D eigenvalue weighted by Gasteiger charge is 2.24. The van der Waals surface area contributed by atoms with Gasteiger partial charge in [0.1, 0.15) is 5.82 Å². The number of nitrogens with one attached hydrogen (secondary N) is 2. The monoisotopic (exact) mass is 289 g/mol. The van der Waals surface area contributed by atoms with Crippen LogP contribution in [-0.4, -0.2) is 27.4 Å². The molecule has 0 aliphatic carbocycles. The van der Waals surface area contributed by atoms with Crippen molar-refractivity contribution >= 4 is 21.6 Å². The van der Waals surface area contributed by atoms with Crippen molar-refractivity contribution in [3.8, 4) is 0 Å². The van der Waals surface area contributed by atoms with E-state index in [0.717, 1.165) is 12.1 Å². The van der Waals surface area contributed by atoms with Crippen LogP contribution in [0.5, 0.6) is 0 Å².